The van der Waals surface area contributed by atoms with Crippen LogP contribution in [0.4, 0.5) is 0 Å². The number of benzene rings is 1. The molecule has 1 heterocycles. The molecule has 2 amide bonds. The first-order chi connectivity index (χ1) is 9.36. The number of primary amides is 1. The quantitative estimate of drug-likeness (QED) is 0.839. The minimum absolute atomic E-state index is 0.113. The van der Waals surface area contributed by atoms with Gasteiger partial charge in [-0.3, -0.25) is 9.59 Å². The van der Waals surface area contributed by atoms with E-state index < -0.39 is 17.5 Å². The fourth-order valence-electron chi connectivity index (χ4n) is 2.46. The van der Waals surface area contributed by atoms with Crippen molar-refractivity contribution in [1.29, 1.82) is 0 Å². The molecule has 5 nitrogen and oxygen atoms in total. The maximum absolute atomic E-state index is 12.6. The summed E-state index contributed by atoms with van der Waals surface area (Å²) in [5, 5.41) is 2.98. The zero-order chi connectivity index (χ0) is 14.9. The molecular formula is C15H21N3O2. The second kappa shape index (κ2) is 5.25. The summed E-state index contributed by atoms with van der Waals surface area (Å²) in [6, 6.07) is 7.27. The van der Waals surface area contributed by atoms with Gasteiger partial charge in [0, 0.05) is 13.0 Å². The highest BCUT2D eigenvalue weighted by atomic mass is 16.2. The lowest BCUT2D eigenvalue weighted by molar-refractivity contribution is -0.145. The molecule has 2 rings (SSSR count). The summed E-state index contributed by atoms with van der Waals surface area (Å²) in [6.07, 6.45) is 0.483. The van der Waals surface area contributed by atoms with Crippen molar-refractivity contribution in [3.05, 3.63) is 35.4 Å². The van der Waals surface area contributed by atoms with E-state index in [2.05, 4.69) is 5.32 Å². The number of rotatable bonds is 3. The number of amides is 2. The van der Waals surface area contributed by atoms with Crippen LogP contribution in [-0.2, 0) is 22.6 Å². The number of fused-ring (bicyclic) bond motifs is 1. The van der Waals surface area contributed by atoms with Crippen LogP contribution in [0, 0.1) is 0 Å². The minimum Gasteiger partial charge on any atom is -0.368 e. The summed E-state index contributed by atoms with van der Waals surface area (Å²) in [5.74, 6) is -0.571. The highest BCUT2D eigenvalue weighted by Gasteiger charge is 2.39. The molecule has 20 heavy (non-hydrogen) atoms. The van der Waals surface area contributed by atoms with Crippen molar-refractivity contribution in [2.45, 2.75) is 38.4 Å². The molecule has 1 aromatic carbocycles. The molecule has 1 aliphatic heterocycles. The maximum Gasteiger partial charge on any atom is 0.243 e. The van der Waals surface area contributed by atoms with Gasteiger partial charge in [-0.2, -0.15) is 0 Å². The highest BCUT2D eigenvalue weighted by Crippen LogP contribution is 2.25. The monoisotopic (exact) mass is 275 g/mol. The molecule has 0 aromatic heterocycles. The summed E-state index contributed by atoms with van der Waals surface area (Å²) in [6.45, 7) is 4.02. The fourth-order valence-corrected chi connectivity index (χ4v) is 2.46. The first-order valence-electron chi connectivity index (χ1n) is 6.73. The van der Waals surface area contributed by atoms with E-state index in [1.807, 2.05) is 24.3 Å². The molecule has 0 fully saturated rings. The van der Waals surface area contributed by atoms with Crippen LogP contribution in [-0.4, -0.2) is 35.3 Å². The second-order valence-electron chi connectivity index (χ2n) is 5.70. The van der Waals surface area contributed by atoms with E-state index in [0.29, 0.717) is 13.0 Å². The largest absolute Gasteiger partial charge is 0.368 e. The molecule has 108 valence electrons. The number of carbonyl (C=O) groups is 2. The highest BCUT2D eigenvalue weighted by molar-refractivity contribution is 5.91. The van der Waals surface area contributed by atoms with Crippen LogP contribution < -0.4 is 11.1 Å². The first-order valence-corrected chi connectivity index (χ1v) is 6.73. The maximum atomic E-state index is 12.6. The van der Waals surface area contributed by atoms with E-state index in [1.165, 1.54) is 0 Å². The van der Waals surface area contributed by atoms with Crippen molar-refractivity contribution in [2.24, 2.45) is 5.73 Å². The molecule has 1 aromatic rings. The number of nitrogens with zero attached hydrogens (tertiary/aromatic N) is 1. The first kappa shape index (κ1) is 14.5. The van der Waals surface area contributed by atoms with E-state index in [1.54, 1.807) is 25.8 Å². The molecule has 1 atom stereocenters. The third-order valence-corrected chi connectivity index (χ3v) is 4.00. The molecule has 0 unspecified atom stereocenters. The molecule has 0 radical (unpaired) electrons. The van der Waals surface area contributed by atoms with Crippen molar-refractivity contribution in [1.82, 2.24) is 10.2 Å². The smallest absolute Gasteiger partial charge is 0.243 e. The van der Waals surface area contributed by atoms with Crippen LogP contribution in [0.15, 0.2) is 24.3 Å². The van der Waals surface area contributed by atoms with Crippen LogP contribution in [0.3, 0.4) is 0 Å². The number of nitrogens with one attached hydrogen (secondary N) is 1. The topological polar surface area (TPSA) is 75.4 Å². The van der Waals surface area contributed by atoms with Crippen LogP contribution in [0.1, 0.15) is 25.0 Å². The molecule has 5 heteroatoms. The number of hydrogen-bond acceptors (Lipinski definition) is 3. The predicted octanol–water partition coefficient (Wildman–Crippen LogP) is 0.423. The normalized spacial score (nSPS) is 18.6. The molecule has 0 aliphatic carbocycles. The van der Waals surface area contributed by atoms with Crippen LogP contribution in [0.2, 0.25) is 0 Å². The zero-order valence-corrected chi connectivity index (χ0v) is 12.1. The summed E-state index contributed by atoms with van der Waals surface area (Å²) < 4.78 is 0. The third-order valence-electron chi connectivity index (χ3n) is 4.00. The zero-order valence-electron chi connectivity index (χ0n) is 12.1. The van der Waals surface area contributed by atoms with Crippen LogP contribution in [0.25, 0.3) is 0 Å². The average molecular weight is 275 g/mol. The third kappa shape index (κ3) is 2.54. The van der Waals surface area contributed by atoms with Gasteiger partial charge in [0.1, 0.15) is 6.04 Å². The summed E-state index contributed by atoms with van der Waals surface area (Å²) in [4.78, 5) is 25.9. The standard InChI is InChI=1S/C15H21N3O2/c1-15(2,17-3)14(20)18-9-11-7-5-4-6-10(11)8-12(18)13(16)19/h4-7,12,17H,8-9H2,1-3H3,(H2,16,19)/t12-/m0/s1. The Morgan fingerprint density at radius 2 is 1.90 bits per heavy atom. The molecule has 0 saturated heterocycles. The van der Waals surface area contributed by atoms with Crippen molar-refractivity contribution >= 4 is 11.8 Å². The fraction of sp³-hybridized carbons (Fsp3) is 0.467. The molecule has 0 saturated carbocycles. The van der Waals surface area contributed by atoms with Crippen LogP contribution >= 0.6 is 0 Å². The molecule has 0 spiro atoms. The van der Waals surface area contributed by atoms with Crippen molar-refractivity contribution in [2.75, 3.05) is 7.05 Å². The summed E-state index contributed by atoms with van der Waals surface area (Å²) >= 11 is 0. The van der Waals surface area contributed by atoms with Gasteiger partial charge in [-0.1, -0.05) is 24.3 Å². The van der Waals surface area contributed by atoms with Crippen molar-refractivity contribution in [3.63, 3.8) is 0 Å². The predicted molar refractivity (Wildman–Crippen MR) is 76.8 cm³/mol. The lowest BCUT2D eigenvalue weighted by Gasteiger charge is -2.39. The Hall–Kier alpha value is -1.88. The molecule has 3 N–H and O–H groups in total. The van der Waals surface area contributed by atoms with Gasteiger partial charge in [0.05, 0.1) is 5.54 Å². The van der Waals surface area contributed by atoms with Gasteiger partial charge in [0.2, 0.25) is 11.8 Å². The Morgan fingerprint density at radius 3 is 2.45 bits per heavy atom. The lowest BCUT2D eigenvalue weighted by Crippen LogP contribution is -2.59. The minimum atomic E-state index is -0.722. The van der Waals surface area contributed by atoms with Gasteiger partial charge in [0.25, 0.3) is 0 Å². The Labute approximate surface area is 119 Å². The van der Waals surface area contributed by atoms with Gasteiger partial charge in [-0.15, -0.1) is 0 Å². The lowest BCUT2D eigenvalue weighted by atomic mass is 9.91. The van der Waals surface area contributed by atoms with E-state index >= 15 is 0 Å². The molecular weight excluding hydrogens is 254 g/mol. The van der Waals surface area contributed by atoms with Gasteiger partial charge in [-0.25, -0.2) is 0 Å². The molecule has 0 bridgehead atoms. The Bertz CT molecular complexity index is 540. The Balaban J connectivity index is 2.36. The summed E-state index contributed by atoms with van der Waals surface area (Å²) in [7, 11) is 1.73. The Morgan fingerprint density at radius 1 is 1.30 bits per heavy atom. The van der Waals surface area contributed by atoms with Gasteiger partial charge in [-0.05, 0) is 32.0 Å². The van der Waals surface area contributed by atoms with Crippen LogP contribution in [0.5, 0.6) is 0 Å². The van der Waals surface area contributed by atoms with Gasteiger partial charge in [0.15, 0.2) is 0 Å². The van der Waals surface area contributed by atoms with Crippen molar-refractivity contribution < 1.29 is 9.59 Å². The van der Waals surface area contributed by atoms with E-state index in [4.69, 9.17) is 5.73 Å². The van der Waals surface area contributed by atoms with Gasteiger partial charge < -0.3 is 16.0 Å². The number of carbonyl (C=O) groups excluding carboxylic acids is 2. The van der Waals surface area contributed by atoms with E-state index in [9.17, 15) is 9.59 Å². The summed E-state index contributed by atoms with van der Waals surface area (Å²) in [5.41, 5.74) is 6.92. The number of nitrogens with two attached hydrogens (primary N) is 1. The van der Waals surface area contributed by atoms with E-state index in [-0.39, 0.29) is 5.91 Å². The van der Waals surface area contributed by atoms with Gasteiger partial charge >= 0.3 is 0 Å². The Kier molecular flexibility index (Phi) is 3.81. The van der Waals surface area contributed by atoms with Crippen molar-refractivity contribution in [3.8, 4) is 0 Å². The second-order valence-corrected chi connectivity index (χ2v) is 5.70. The number of hydrogen-bond donors (Lipinski definition) is 2. The molecule has 1 aliphatic rings. The number of likely N-dealkylation sites (N-methyl/N-ethyl adjacent to an activating group) is 1. The SMILES string of the molecule is CNC(C)(C)C(=O)N1Cc2ccccc2C[C@H]1C(N)=O. The average Bonchev–Trinajstić information content (AvgIpc) is 2.44. The van der Waals surface area contributed by atoms with E-state index in [0.717, 1.165) is 11.1 Å².